The molecule has 0 fully saturated rings. The van der Waals surface area contributed by atoms with Crippen LogP contribution in [-0.2, 0) is 6.42 Å². The van der Waals surface area contributed by atoms with Crippen LogP contribution in [0.15, 0.2) is 22.7 Å². The van der Waals surface area contributed by atoms with E-state index in [0.717, 1.165) is 41.5 Å². The third-order valence-corrected chi connectivity index (χ3v) is 4.77. The molecule has 0 spiro atoms. The minimum Gasteiger partial charge on any atom is -0.316 e. The minimum atomic E-state index is -0.276. The quantitative estimate of drug-likeness (QED) is 0.737. The van der Waals surface area contributed by atoms with E-state index in [4.69, 9.17) is 0 Å². The first-order valence-electron chi connectivity index (χ1n) is 7.05. The van der Waals surface area contributed by atoms with Crippen molar-refractivity contribution in [3.05, 3.63) is 33.5 Å². The first-order valence-corrected chi connectivity index (χ1v) is 8.66. The zero-order valence-electron chi connectivity index (χ0n) is 12.2. The highest BCUT2D eigenvalue weighted by Gasteiger charge is 2.12. The molecule has 3 nitrogen and oxygen atoms in total. The predicted octanol–water partition coefficient (Wildman–Crippen LogP) is 4.28. The third kappa shape index (κ3) is 4.83. The molecule has 0 aliphatic heterocycles. The summed E-state index contributed by atoms with van der Waals surface area (Å²) in [5, 5.41) is 13.5. The molecule has 0 saturated heterocycles. The second-order valence-electron chi connectivity index (χ2n) is 5.30. The summed E-state index contributed by atoms with van der Waals surface area (Å²) in [6.45, 7) is 6.41. The lowest BCUT2D eigenvalue weighted by Gasteiger charge is -2.05. The topological polar surface area (TPSA) is 37.8 Å². The van der Waals surface area contributed by atoms with Crippen LogP contribution in [0.1, 0.15) is 25.3 Å². The van der Waals surface area contributed by atoms with Crippen LogP contribution in [-0.4, -0.2) is 23.3 Å². The molecule has 0 aliphatic rings. The van der Waals surface area contributed by atoms with Crippen molar-refractivity contribution in [2.75, 3.05) is 13.1 Å². The Balaban J connectivity index is 1.91. The standard InChI is InChI=1S/C15H19BrFN3S/c1-10(2)9-18-8-4-7-13-19-20-15(21-13)11-5-3-6-12(17)14(11)16/h3,5-6,10,18H,4,7-9H2,1-2H3. The first kappa shape index (κ1) is 16.5. The molecule has 0 saturated carbocycles. The van der Waals surface area contributed by atoms with Crippen LogP contribution in [0.2, 0.25) is 0 Å². The van der Waals surface area contributed by atoms with E-state index in [-0.39, 0.29) is 5.82 Å². The van der Waals surface area contributed by atoms with Crippen molar-refractivity contribution < 1.29 is 4.39 Å². The fourth-order valence-electron chi connectivity index (χ4n) is 1.89. The molecule has 1 aromatic carbocycles. The first-order chi connectivity index (χ1) is 10.1. The summed E-state index contributed by atoms with van der Waals surface area (Å²) in [6.07, 6.45) is 1.93. The van der Waals surface area contributed by atoms with Crippen molar-refractivity contribution in [3.63, 3.8) is 0 Å². The number of benzene rings is 1. The Kier molecular flexibility index (Phi) is 6.26. The van der Waals surface area contributed by atoms with Gasteiger partial charge >= 0.3 is 0 Å². The van der Waals surface area contributed by atoms with E-state index in [9.17, 15) is 4.39 Å². The lowest BCUT2D eigenvalue weighted by Crippen LogP contribution is -2.21. The molecular weight excluding hydrogens is 353 g/mol. The van der Waals surface area contributed by atoms with Gasteiger partial charge in [-0.25, -0.2) is 4.39 Å². The average molecular weight is 372 g/mol. The summed E-state index contributed by atoms with van der Waals surface area (Å²) in [5.74, 6) is 0.394. The Morgan fingerprint density at radius 3 is 2.90 bits per heavy atom. The second kappa shape index (κ2) is 7.96. The number of nitrogens with one attached hydrogen (secondary N) is 1. The number of hydrogen-bond acceptors (Lipinski definition) is 4. The molecule has 2 aromatic rings. The van der Waals surface area contributed by atoms with Crippen LogP contribution in [0.3, 0.4) is 0 Å². The Morgan fingerprint density at radius 1 is 1.33 bits per heavy atom. The van der Waals surface area contributed by atoms with E-state index in [0.29, 0.717) is 10.4 Å². The molecule has 0 atom stereocenters. The van der Waals surface area contributed by atoms with Crippen molar-refractivity contribution >= 4 is 27.3 Å². The van der Waals surface area contributed by atoms with Gasteiger partial charge in [0.1, 0.15) is 15.8 Å². The van der Waals surface area contributed by atoms with Gasteiger partial charge in [-0.05, 0) is 47.4 Å². The predicted molar refractivity (Wildman–Crippen MR) is 89.0 cm³/mol. The highest BCUT2D eigenvalue weighted by molar-refractivity contribution is 9.10. The van der Waals surface area contributed by atoms with Crippen LogP contribution >= 0.6 is 27.3 Å². The number of halogens is 2. The van der Waals surface area contributed by atoms with Gasteiger partial charge in [-0.1, -0.05) is 37.3 Å². The molecule has 1 aromatic heterocycles. The fraction of sp³-hybridized carbons (Fsp3) is 0.467. The zero-order valence-corrected chi connectivity index (χ0v) is 14.6. The van der Waals surface area contributed by atoms with E-state index >= 15 is 0 Å². The second-order valence-corrected chi connectivity index (χ2v) is 7.16. The highest BCUT2D eigenvalue weighted by atomic mass is 79.9. The van der Waals surface area contributed by atoms with E-state index in [1.807, 2.05) is 6.07 Å². The summed E-state index contributed by atoms with van der Waals surface area (Å²) in [5.41, 5.74) is 0.761. The number of aryl methyl sites for hydroxylation is 1. The summed E-state index contributed by atoms with van der Waals surface area (Å²) >= 11 is 4.79. The Hall–Kier alpha value is -0.850. The van der Waals surface area contributed by atoms with E-state index < -0.39 is 0 Å². The van der Waals surface area contributed by atoms with Crippen molar-refractivity contribution in [2.24, 2.45) is 5.92 Å². The average Bonchev–Trinajstić information content (AvgIpc) is 2.90. The largest absolute Gasteiger partial charge is 0.316 e. The molecule has 0 amide bonds. The molecule has 0 aliphatic carbocycles. The maximum absolute atomic E-state index is 13.5. The van der Waals surface area contributed by atoms with Crippen molar-refractivity contribution in [1.82, 2.24) is 15.5 Å². The smallest absolute Gasteiger partial charge is 0.149 e. The van der Waals surface area contributed by atoms with Gasteiger partial charge in [0.2, 0.25) is 0 Å². The molecule has 1 N–H and O–H groups in total. The summed E-state index contributed by atoms with van der Waals surface area (Å²) in [4.78, 5) is 0. The van der Waals surface area contributed by atoms with Crippen LogP contribution < -0.4 is 5.32 Å². The van der Waals surface area contributed by atoms with Crippen molar-refractivity contribution in [1.29, 1.82) is 0 Å². The monoisotopic (exact) mass is 371 g/mol. The normalized spacial score (nSPS) is 11.3. The van der Waals surface area contributed by atoms with Gasteiger partial charge in [-0.3, -0.25) is 0 Å². The van der Waals surface area contributed by atoms with Crippen LogP contribution in [0, 0.1) is 11.7 Å². The number of rotatable bonds is 7. The van der Waals surface area contributed by atoms with Crippen molar-refractivity contribution in [2.45, 2.75) is 26.7 Å². The molecule has 114 valence electrons. The third-order valence-electron chi connectivity index (χ3n) is 2.95. The van der Waals surface area contributed by atoms with Gasteiger partial charge in [0, 0.05) is 12.0 Å². The molecule has 21 heavy (non-hydrogen) atoms. The highest BCUT2D eigenvalue weighted by Crippen LogP contribution is 2.32. The lowest BCUT2D eigenvalue weighted by atomic mass is 10.2. The van der Waals surface area contributed by atoms with E-state index in [2.05, 4.69) is 45.3 Å². The van der Waals surface area contributed by atoms with Gasteiger partial charge in [-0.2, -0.15) is 0 Å². The number of hydrogen-bond donors (Lipinski definition) is 1. The number of aromatic nitrogens is 2. The minimum absolute atomic E-state index is 0.276. The van der Waals surface area contributed by atoms with Crippen molar-refractivity contribution in [3.8, 4) is 10.6 Å². The summed E-state index contributed by atoms with van der Waals surface area (Å²) in [7, 11) is 0. The molecule has 2 rings (SSSR count). The summed E-state index contributed by atoms with van der Waals surface area (Å²) < 4.78 is 14.0. The fourth-order valence-corrected chi connectivity index (χ4v) is 3.38. The van der Waals surface area contributed by atoms with Crippen LogP contribution in [0.4, 0.5) is 4.39 Å². The van der Waals surface area contributed by atoms with E-state index in [1.54, 1.807) is 6.07 Å². The van der Waals surface area contributed by atoms with Gasteiger partial charge in [-0.15, -0.1) is 10.2 Å². The molecule has 0 unspecified atom stereocenters. The van der Waals surface area contributed by atoms with Crippen LogP contribution in [0.25, 0.3) is 10.6 Å². The SMILES string of the molecule is CC(C)CNCCCc1nnc(-c2cccc(F)c2Br)s1. The Labute approximate surface area is 137 Å². The number of nitrogens with zero attached hydrogens (tertiary/aromatic N) is 2. The molecule has 6 heteroatoms. The molecular formula is C15H19BrFN3S. The van der Waals surface area contributed by atoms with Crippen LogP contribution in [0.5, 0.6) is 0 Å². The summed E-state index contributed by atoms with van der Waals surface area (Å²) in [6, 6.07) is 4.96. The Bertz CT molecular complexity index is 586. The molecule has 1 heterocycles. The lowest BCUT2D eigenvalue weighted by molar-refractivity contribution is 0.542. The Morgan fingerprint density at radius 2 is 2.14 bits per heavy atom. The zero-order chi connectivity index (χ0) is 15.2. The maximum atomic E-state index is 13.5. The molecule has 0 radical (unpaired) electrons. The van der Waals surface area contributed by atoms with Gasteiger partial charge in [0.25, 0.3) is 0 Å². The molecule has 0 bridgehead atoms. The van der Waals surface area contributed by atoms with E-state index in [1.165, 1.54) is 17.4 Å². The van der Waals surface area contributed by atoms with Gasteiger partial charge in [0.15, 0.2) is 0 Å². The maximum Gasteiger partial charge on any atom is 0.149 e. The van der Waals surface area contributed by atoms with Gasteiger partial charge < -0.3 is 5.32 Å². The van der Waals surface area contributed by atoms with Gasteiger partial charge in [0.05, 0.1) is 4.47 Å².